The summed E-state index contributed by atoms with van der Waals surface area (Å²) in [5.41, 5.74) is 0. The van der Waals surface area contributed by atoms with Crippen molar-refractivity contribution in [2.75, 3.05) is 0 Å². The molecule has 0 aromatic carbocycles. The van der Waals surface area contributed by atoms with Crippen LogP contribution in [0, 0.1) is 10.1 Å². The summed E-state index contributed by atoms with van der Waals surface area (Å²) in [7, 11) is 0. The van der Waals surface area contributed by atoms with Gasteiger partial charge in [0, 0.05) is 11.3 Å². The number of hydrogen-bond acceptors (Lipinski definition) is 3. The molecule has 4 heteroatoms. The van der Waals surface area contributed by atoms with Gasteiger partial charge >= 0.3 is 0 Å². The van der Waals surface area contributed by atoms with Gasteiger partial charge in [0.05, 0.1) is 6.10 Å². The minimum absolute atomic E-state index is 0.0694. The molecule has 0 amide bonds. The lowest BCUT2D eigenvalue weighted by Gasteiger charge is -2.09. The predicted molar refractivity (Wildman–Crippen MR) is 33.3 cm³/mol. The van der Waals surface area contributed by atoms with Crippen molar-refractivity contribution < 1.29 is 9.66 Å². The van der Waals surface area contributed by atoms with Gasteiger partial charge in [-0.3, -0.25) is 10.1 Å². The van der Waals surface area contributed by atoms with Gasteiger partial charge in [0.15, 0.2) is 0 Å². The molecule has 0 aliphatic carbocycles. The number of hydrogen-bond donors (Lipinski definition) is 0. The van der Waals surface area contributed by atoms with Crippen LogP contribution >= 0.6 is 0 Å². The molecule has 10 heavy (non-hydrogen) atoms. The molecule has 56 valence electrons. The summed E-state index contributed by atoms with van der Waals surface area (Å²) in [5, 5.41) is 10.3. The maximum Gasteiger partial charge on any atom is 0.241 e. The van der Waals surface area contributed by atoms with Gasteiger partial charge in [-0.15, -0.1) is 0 Å². The molecule has 0 unspecified atom stereocenters. The van der Waals surface area contributed by atoms with Crippen molar-refractivity contribution in [3.05, 3.63) is 10.1 Å². The van der Waals surface area contributed by atoms with E-state index in [0.29, 0.717) is 6.42 Å². The molecule has 2 fully saturated rings. The van der Waals surface area contributed by atoms with Crippen molar-refractivity contribution in [1.29, 1.82) is 0 Å². The Morgan fingerprint density at radius 3 is 2.60 bits per heavy atom. The summed E-state index contributed by atoms with van der Waals surface area (Å²) in [5.74, 6) is 0. The zero-order valence-corrected chi connectivity index (χ0v) is 5.53. The standard InChI is InChI=1S/C6H9NO3/c8-7(9)5-3-4-1-2-6(5)10-4/h4-6H,1-3H2/t4-,5+,6+/m1/s1. The Bertz CT molecular complexity index is 170. The molecule has 0 aromatic rings. The smallest absolute Gasteiger partial charge is 0.241 e. The lowest BCUT2D eigenvalue weighted by Crippen LogP contribution is -2.30. The fourth-order valence-electron chi connectivity index (χ4n) is 1.83. The van der Waals surface area contributed by atoms with Gasteiger partial charge in [0.25, 0.3) is 0 Å². The quantitative estimate of drug-likeness (QED) is 0.398. The number of rotatable bonds is 1. The van der Waals surface area contributed by atoms with Crippen LogP contribution in [0.5, 0.6) is 0 Å². The Kier molecular flexibility index (Phi) is 1.17. The van der Waals surface area contributed by atoms with Crippen LogP contribution in [0.4, 0.5) is 0 Å². The molecule has 2 aliphatic rings. The molecule has 2 saturated heterocycles. The van der Waals surface area contributed by atoms with Gasteiger partial charge in [-0.05, 0) is 12.8 Å². The highest BCUT2D eigenvalue weighted by Crippen LogP contribution is 2.35. The second-order valence-electron chi connectivity index (χ2n) is 2.96. The number of nitro groups is 1. The molecular formula is C6H9NO3. The highest BCUT2D eigenvalue weighted by molar-refractivity contribution is 4.89. The van der Waals surface area contributed by atoms with Gasteiger partial charge in [0.2, 0.25) is 6.04 Å². The molecule has 4 nitrogen and oxygen atoms in total. The minimum Gasteiger partial charge on any atom is -0.368 e. The fraction of sp³-hybridized carbons (Fsp3) is 1.00. The van der Waals surface area contributed by atoms with E-state index in [0.717, 1.165) is 12.8 Å². The van der Waals surface area contributed by atoms with Crippen LogP contribution in [0.1, 0.15) is 19.3 Å². The Morgan fingerprint density at radius 2 is 2.30 bits per heavy atom. The first-order valence-electron chi connectivity index (χ1n) is 3.56. The molecule has 3 atom stereocenters. The van der Waals surface area contributed by atoms with Gasteiger partial charge in [-0.1, -0.05) is 0 Å². The van der Waals surface area contributed by atoms with E-state index in [4.69, 9.17) is 4.74 Å². The van der Waals surface area contributed by atoms with E-state index in [1.54, 1.807) is 0 Å². The van der Waals surface area contributed by atoms with Gasteiger partial charge in [-0.25, -0.2) is 0 Å². The summed E-state index contributed by atoms with van der Waals surface area (Å²) in [6, 6.07) is -0.404. The van der Waals surface area contributed by atoms with E-state index in [1.807, 2.05) is 0 Å². The largest absolute Gasteiger partial charge is 0.368 e. The summed E-state index contributed by atoms with van der Waals surface area (Å²) < 4.78 is 5.30. The lowest BCUT2D eigenvalue weighted by molar-refractivity contribution is -0.527. The molecule has 2 aliphatic heterocycles. The molecule has 0 aromatic heterocycles. The maximum atomic E-state index is 10.3. The highest BCUT2D eigenvalue weighted by atomic mass is 16.6. The lowest BCUT2D eigenvalue weighted by atomic mass is 9.96. The molecule has 2 rings (SSSR count). The van der Waals surface area contributed by atoms with Crippen LogP contribution in [-0.4, -0.2) is 23.2 Å². The summed E-state index contributed by atoms with van der Waals surface area (Å²) in [6.45, 7) is 0. The van der Waals surface area contributed by atoms with Crippen molar-refractivity contribution >= 4 is 0 Å². The molecule has 0 spiro atoms. The highest BCUT2D eigenvalue weighted by Gasteiger charge is 2.47. The Balaban J connectivity index is 2.08. The van der Waals surface area contributed by atoms with Crippen molar-refractivity contribution in [2.45, 2.75) is 37.5 Å². The number of fused-ring (bicyclic) bond motifs is 2. The van der Waals surface area contributed by atoms with Crippen LogP contribution in [0.3, 0.4) is 0 Å². The first kappa shape index (κ1) is 6.09. The minimum atomic E-state index is -0.404. The summed E-state index contributed by atoms with van der Waals surface area (Å²) in [6.07, 6.45) is 2.67. The van der Waals surface area contributed by atoms with Crippen LogP contribution in [0.25, 0.3) is 0 Å². The van der Waals surface area contributed by atoms with Gasteiger partial charge in [-0.2, -0.15) is 0 Å². The second kappa shape index (κ2) is 1.92. The Hall–Kier alpha value is -0.640. The second-order valence-corrected chi connectivity index (χ2v) is 2.96. The Labute approximate surface area is 58.3 Å². The summed E-state index contributed by atoms with van der Waals surface area (Å²) >= 11 is 0. The maximum absolute atomic E-state index is 10.3. The molecule has 2 heterocycles. The third kappa shape index (κ3) is 0.718. The fourth-order valence-corrected chi connectivity index (χ4v) is 1.83. The van der Waals surface area contributed by atoms with Crippen molar-refractivity contribution in [3.63, 3.8) is 0 Å². The molecular weight excluding hydrogens is 134 g/mol. The van der Waals surface area contributed by atoms with E-state index >= 15 is 0 Å². The Morgan fingerprint density at radius 1 is 1.50 bits per heavy atom. The van der Waals surface area contributed by atoms with E-state index in [1.165, 1.54) is 0 Å². The van der Waals surface area contributed by atoms with E-state index in [2.05, 4.69) is 0 Å². The molecule has 0 saturated carbocycles. The zero-order valence-electron chi connectivity index (χ0n) is 5.53. The third-order valence-corrected chi connectivity index (χ3v) is 2.34. The van der Waals surface area contributed by atoms with Crippen LogP contribution in [0.15, 0.2) is 0 Å². The average molecular weight is 143 g/mol. The SMILES string of the molecule is O=[N+]([O-])[C@H]1C[C@H]2CC[C@@H]1O2. The third-order valence-electron chi connectivity index (χ3n) is 2.34. The monoisotopic (exact) mass is 143 g/mol. The molecule has 2 bridgehead atoms. The summed E-state index contributed by atoms with van der Waals surface area (Å²) in [4.78, 5) is 10.1. The predicted octanol–water partition coefficient (Wildman–Crippen LogP) is 0.583. The van der Waals surface area contributed by atoms with Crippen LogP contribution < -0.4 is 0 Å². The van der Waals surface area contributed by atoms with E-state index in [9.17, 15) is 10.1 Å². The van der Waals surface area contributed by atoms with Gasteiger partial charge < -0.3 is 4.74 Å². The number of nitrogens with zero attached hydrogens (tertiary/aromatic N) is 1. The van der Waals surface area contributed by atoms with Crippen molar-refractivity contribution in [2.24, 2.45) is 0 Å². The topological polar surface area (TPSA) is 52.4 Å². The normalized spacial score (nSPS) is 44.2. The van der Waals surface area contributed by atoms with E-state index in [-0.39, 0.29) is 17.1 Å². The van der Waals surface area contributed by atoms with Crippen molar-refractivity contribution in [3.8, 4) is 0 Å². The molecule has 0 radical (unpaired) electrons. The van der Waals surface area contributed by atoms with Crippen LogP contribution in [-0.2, 0) is 4.74 Å². The molecule has 0 N–H and O–H groups in total. The average Bonchev–Trinajstić information content (AvgIpc) is 2.44. The van der Waals surface area contributed by atoms with Crippen LogP contribution in [0.2, 0.25) is 0 Å². The first-order chi connectivity index (χ1) is 4.77. The van der Waals surface area contributed by atoms with Gasteiger partial charge in [0.1, 0.15) is 6.10 Å². The first-order valence-corrected chi connectivity index (χ1v) is 3.56. The number of ether oxygens (including phenoxy) is 1. The zero-order chi connectivity index (χ0) is 7.14. The van der Waals surface area contributed by atoms with Crippen molar-refractivity contribution in [1.82, 2.24) is 0 Å². The van der Waals surface area contributed by atoms with E-state index < -0.39 is 6.04 Å².